The molecule has 0 spiro atoms. The topological polar surface area (TPSA) is 67.0 Å². The molecule has 88 valence electrons. The minimum Gasteiger partial charge on any atom is -0.456 e. The molecule has 1 aliphatic rings. The third-order valence-electron chi connectivity index (χ3n) is 2.48. The number of hydrogen-bond donors (Lipinski definition) is 2. The van der Waals surface area contributed by atoms with Crippen LogP contribution in [0.1, 0.15) is 42.7 Å². The smallest absolute Gasteiger partial charge is 0.342 e. The first-order valence-electron chi connectivity index (χ1n) is 5.45. The first kappa shape index (κ1) is 11.1. The number of carbonyl (C=O) groups is 1. The van der Waals surface area contributed by atoms with Gasteiger partial charge in [0.2, 0.25) is 0 Å². The summed E-state index contributed by atoms with van der Waals surface area (Å²) in [6, 6.07) is 0. The van der Waals surface area contributed by atoms with Gasteiger partial charge in [-0.1, -0.05) is 0 Å². The van der Waals surface area contributed by atoms with Gasteiger partial charge in [0.1, 0.15) is 11.2 Å². The molecule has 0 aromatic carbocycles. The van der Waals surface area contributed by atoms with Crippen LogP contribution in [0.5, 0.6) is 0 Å². The summed E-state index contributed by atoms with van der Waals surface area (Å²) in [7, 11) is 0. The molecular weight excluding hydrogens is 206 g/mol. The Hall–Kier alpha value is -1.36. The Morgan fingerprint density at radius 1 is 1.50 bits per heavy atom. The number of hydrogen-bond acceptors (Lipinski definition) is 4. The van der Waals surface area contributed by atoms with Crippen LogP contribution in [0.3, 0.4) is 0 Å². The normalized spacial score (nSPS) is 16.9. The van der Waals surface area contributed by atoms with E-state index in [0.29, 0.717) is 11.5 Å². The summed E-state index contributed by atoms with van der Waals surface area (Å²) in [5, 5.41) is 9.97. The van der Waals surface area contributed by atoms with Crippen molar-refractivity contribution in [2.45, 2.75) is 32.3 Å². The minimum atomic E-state index is -0.469. The van der Waals surface area contributed by atoms with Gasteiger partial charge < -0.3 is 10.1 Å². The molecule has 1 aromatic heterocycles. The average Bonchev–Trinajstić information content (AvgIpc) is 2.45. The fourth-order valence-electron chi connectivity index (χ4n) is 1.60. The first-order chi connectivity index (χ1) is 7.47. The molecule has 0 radical (unpaired) electrons. The van der Waals surface area contributed by atoms with E-state index < -0.39 is 5.60 Å². The molecule has 0 aliphatic carbocycles. The van der Waals surface area contributed by atoms with Gasteiger partial charge in [-0.05, 0) is 20.8 Å². The Morgan fingerprint density at radius 3 is 2.69 bits per heavy atom. The van der Waals surface area contributed by atoms with Gasteiger partial charge in [0, 0.05) is 19.0 Å². The average molecular weight is 223 g/mol. The summed E-state index contributed by atoms with van der Waals surface area (Å²) in [4.78, 5) is 11.9. The first-order valence-corrected chi connectivity index (χ1v) is 5.45. The fraction of sp³-hybridized carbons (Fsp3) is 0.636. The molecule has 5 nitrogen and oxygen atoms in total. The lowest BCUT2D eigenvalue weighted by atomic mass is 9.96. The number of aromatic amines is 1. The van der Waals surface area contributed by atoms with Gasteiger partial charge in [-0.2, -0.15) is 5.10 Å². The third-order valence-corrected chi connectivity index (χ3v) is 2.48. The summed E-state index contributed by atoms with van der Waals surface area (Å²) in [5.41, 5.74) is 0.971. The Morgan fingerprint density at radius 2 is 2.19 bits per heavy atom. The maximum Gasteiger partial charge on any atom is 0.342 e. The largest absolute Gasteiger partial charge is 0.456 e. The monoisotopic (exact) mass is 223 g/mol. The number of ether oxygens (including phenoxy) is 1. The molecule has 5 heteroatoms. The molecule has 0 saturated carbocycles. The number of esters is 1. The van der Waals surface area contributed by atoms with Crippen molar-refractivity contribution in [3.8, 4) is 0 Å². The van der Waals surface area contributed by atoms with Crippen LogP contribution in [-0.4, -0.2) is 34.9 Å². The van der Waals surface area contributed by atoms with Crippen LogP contribution in [0.15, 0.2) is 6.20 Å². The van der Waals surface area contributed by atoms with Crippen molar-refractivity contribution in [1.29, 1.82) is 0 Å². The lowest BCUT2D eigenvalue weighted by Crippen LogP contribution is -2.41. The lowest BCUT2D eigenvalue weighted by Gasteiger charge is -2.27. The summed E-state index contributed by atoms with van der Waals surface area (Å²) in [5.74, 6) is 0.0492. The van der Waals surface area contributed by atoms with E-state index >= 15 is 0 Å². The Bertz CT molecular complexity index is 388. The van der Waals surface area contributed by atoms with E-state index in [4.69, 9.17) is 4.74 Å². The molecule has 2 rings (SSSR count). The maximum absolute atomic E-state index is 11.9. The van der Waals surface area contributed by atoms with Crippen molar-refractivity contribution in [2.75, 3.05) is 13.1 Å². The van der Waals surface area contributed by atoms with Gasteiger partial charge in [0.05, 0.1) is 11.9 Å². The SMILES string of the molecule is CC(C)(C)OC(=O)c1cn[nH]c1C1CNC1. The number of carbonyl (C=O) groups excluding carboxylic acids is 1. The van der Waals surface area contributed by atoms with E-state index in [2.05, 4.69) is 15.5 Å². The standard InChI is InChI=1S/C11H17N3O2/c1-11(2,3)16-10(15)8-6-13-14-9(8)7-4-12-5-7/h6-7,12H,4-5H2,1-3H3,(H,13,14). The van der Waals surface area contributed by atoms with E-state index in [1.54, 1.807) is 6.20 Å². The highest BCUT2D eigenvalue weighted by molar-refractivity contribution is 5.90. The van der Waals surface area contributed by atoms with Crippen molar-refractivity contribution in [3.05, 3.63) is 17.5 Å². The Labute approximate surface area is 94.6 Å². The van der Waals surface area contributed by atoms with E-state index in [1.165, 1.54) is 0 Å². The van der Waals surface area contributed by atoms with E-state index in [0.717, 1.165) is 18.8 Å². The highest BCUT2D eigenvalue weighted by atomic mass is 16.6. The van der Waals surface area contributed by atoms with Gasteiger partial charge in [-0.3, -0.25) is 5.10 Å². The Balaban J connectivity index is 2.14. The third kappa shape index (κ3) is 2.24. The van der Waals surface area contributed by atoms with E-state index in [9.17, 15) is 4.79 Å². The number of aromatic nitrogens is 2. The van der Waals surface area contributed by atoms with Gasteiger partial charge in [-0.15, -0.1) is 0 Å². The molecule has 0 bridgehead atoms. The summed E-state index contributed by atoms with van der Waals surface area (Å²) < 4.78 is 5.32. The highest BCUT2D eigenvalue weighted by Gasteiger charge is 2.28. The second-order valence-electron chi connectivity index (χ2n) is 5.05. The molecule has 0 atom stereocenters. The fourth-order valence-corrected chi connectivity index (χ4v) is 1.60. The van der Waals surface area contributed by atoms with Crippen LogP contribution in [-0.2, 0) is 4.74 Å². The number of nitrogens with one attached hydrogen (secondary N) is 2. The second-order valence-corrected chi connectivity index (χ2v) is 5.05. The molecular formula is C11H17N3O2. The van der Waals surface area contributed by atoms with Crippen LogP contribution in [0, 0.1) is 0 Å². The van der Waals surface area contributed by atoms with Crippen LogP contribution < -0.4 is 5.32 Å². The molecule has 1 aliphatic heterocycles. The predicted octanol–water partition coefficient (Wildman–Crippen LogP) is 1.05. The molecule has 2 N–H and O–H groups in total. The quantitative estimate of drug-likeness (QED) is 0.735. The van der Waals surface area contributed by atoms with Crippen LogP contribution >= 0.6 is 0 Å². The van der Waals surface area contributed by atoms with E-state index in [1.807, 2.05) is 20.8 Å². The molecule has 1 saturated heterocycles. The molecule has 2 heterocycles. The van der Waals surface area contributed by atoms with Crippen molar-refractivity contribution in [3.63, 3.8) is 0 Å². The van der Waals surface area contributed by atoms with Crippen molar-refractivity contribution in [1.82, 2.24) is 15.5 Å². The van der Waals surface area contributed by atoms with Crippen molar-refractivity contribution >= 4 is 5.97 Å². The van der Waals surface area contributed by atoms with Gasteiger partial charge in [-0.25, -0.2) is 4.79 Å². The molecule has 0 amide bonds. The van der Waals surface area contributed by atoms with Gasteiger partial charge in [0.15, 0.2) is 0 Å². The van der Waals surface area contributed by atoms with E-state index in [-0.39, 0.29) is 5.97 Å². The summed E-state index contributed by atoms with van der Waals surface area (Å²) >= 11 is 0. The van der Waals surface area contributed by atoms with Gasteiger partial charge >= 0.3 is 5.97 Å². The molecule has 0 unspecified atom stereocenters. The van der Waals surface area contributed by atoms with Crippen LogP contribution in [0.4, 0.5) is 0 Å². The highest BCUT2D eigenvalue weighted by Crippen LogP contribution is 2.23. The van der Waals surface area contributed by atoms with Gasteiger partial charge in [0.25, 0.3) is 0 Å². The predicted molar refractivity (Wildman–Crippen MR) is 59.4 cm³/mol. The molecule has 16 heavy (non-hydrogen) atoms. The second kappa shape index (κ2) is 3.90. The zero-order chi connectivity index (χ0) is 11.8. The Kier molecular flexibility index (Phi) is 2.71. The number of rotatable bonds is 2. The number of nitrogens with zero attached hydrogens (tertiary/aromatic N) is 1. The van der Waals surface area contributed by atoms with Crippen LogP contribution in [0.2, 0.25) is 0 Å². The zero-order valence-corrected chi connectivity index (χ0v) is 9.83. The van der Waals surface area contributed by atoms with Crippen molar-refractivity contribution in [2.24, 2.45) is 0 Å². The van der Waals surface area contributed by atoms with Crippen LogP contribution in [0.25, 0.3) is 0 Å². The minimum absolute atomic E-state index is 0.303. The maximum atomic E-state index is 11.9. The zero-order valence-electron chi connectivity index (χ0n) is 9.83. The van der Waals surface area contributed by atoms with Crippen molar-refractivity contribution < 1.29 is 9.53 Å². The summed E-state index contributed by atoms with van der Waals surface area (Å²) in [6.07, 6.45) is 1.54. The molecule has 1 fully saturated rings. The summed E-state index contributed by atoms with van der Waals surface area (Å²) in [6.45, 7) is 7.34. The number of H-pyrrole nitrogens is 1. The molecule has 1 aromatic rings. The lowest BCUT2D eigenvalue weighted by molar-refractivity contribution is 0.00676.